The lowest BCUT2D eigenvalue weighted by molar-refractivity contribution is -0.126. The first-order chi connectivity index (χ1) is 15.4. The van der Waals surface area contributed by atoms with E-state index in [2.05, 4.69) is 15.4 Å². The monoisotopic (exact) mass is 464 g/mol. The Bertz CT molecular complexity index is 992. The number of sulfonamides is 1. The van der Waals surface area contributed by atoms with Crippen molar-refractivity contribution in [2.24, 2.45) is 5.92 Å². The van der Waals surface area contributed by atoms with Gasteiger partial charge in [-0.3, -0.25) is 9.69 Å². The Morgan fingerprint density at radius 2 is 2.00 bits per heavy atom. The SMILES string of the molecule is Cc1noc(C)c1S(=O)(=O)N1CCCC(C(=O)NCC(c2ccco2)N2CCCCC2)C1. The molecule has 0 radical (unpaired) electrons. The average Bonchev–Trinajstić information content (AvgIpc) is 3.44. The number of rotatable bonds is 7. The number of furan rings is 1. The van der Waals surface area contributed by atoms with Gasteiger partial charge in [-0.05, 0) is 64.8 Å². The maximum absolute atomic E-state index is 13.2. The van der Waals surface area contributed by atoms with Gasteiger partial charge in [0.25, 0.3) is 0 Å². The second-order valence-corrected chi connectivity index (χ2v) is 10.6. The summed E-state index contributed by atoms with van der Waals surface area (Å²) in [6.07, 6.45) is 6.46. The highest BCUT2D eigenvalue weighted by Crippen LogP contribution is 2.28. The Morgan fingerprint density at radius 3 is 2.66 bits per heavy atom. The number of hydrogen-bond acceptors (Lipinski definition) is 7. The maximum atomic E-state index is 13.2. The van der Waals surface area contributed by atoms with Gasteiger partial charge in [0.2, 0.25) is 15.9 Å². The third-order valence-corrected chi connectivity index (χ3v) is 8.60. The molecule has 0 saturated carbocycles. The number of likely N-dealkylation sites (tertiary alicyclic amines) is 1. The number of nitrogens with zero attached hydrogens (tertiary/aromatic N) is 3. The molecule has 2 atom stereocenters. The smallest absolute Gasteiger partial charge is 0.248 e. The third kappa shape index (κ3) is 4.77. The van der Waals surface area contributed by atoms with Crippen molar-refractivity contribution in [2.45, 2.75) is 56.9 Å². The second-order valence-electron chi connectivity index (χ2n) is 8.73. The molecule has 1 N–H and O–H groups in total. The number of piperidine rings is 2. The summed E-state index contributed by atoms with van der Waals surface area (Å²) in [5, 5.41) is 6.85. The molecule has 2 saturated heterocycles. The van der Waals surface area contributed by atoms with Crippen molar-refractivity contribution in [1.29, 1.82) is 0 Å². The van der Waals surface area contributed by atoms with E-state index < -0.39 is 15.9 Å². The molecule has 2 unspecified atom stereocenters. The summed E-state index contributed by atoms with van der Waals surface area (Å²) in [6, 6.07) is 3.80. The molecule has 32 heavy (non-hydrogen) atoms. The predicted molar refractivity (Wildman–Crippen MR) is 117 cm³/mol. The van der Waals surface area contributed by atoms with Gasteiger partial charge in [0.05, 0.1) is 18.2 Å². The molecule has 4 heterocycles. The van der Waals surface area contributed by atoms with Gasteiger partial charge in [-0.15, -0.1) is 0 Å². The molecule has 0 spiro atoms. The molecule has 4 rings (SSSR count). The van der Waals surface area contributed by atoms with Crippen molar-refractivity contribution in [2.75, 3.05) is 32.7 Å². The maximum Gasteiger partial charge on any atom is 0.248 e. The normalized spacial score (nSPS) is 22.0. The number of aromatic nitrogens is 1. The molecule has 0 bridgehead atoms. The summed E-state index contributed by atoms with van der Waals surface area (Å²) >= 11 is 0. The fourth-order valence-corrected chi connectivity index (χ4v) is 6.62. The number of aryl methyl sites for hydroxylation is 2. The van der Waals surface area contributed by atoms with Crippen LogP contribution in [0.3, 0.4) is 0 Å². The second kappa shape index (κ2) is 9.76. The fraction of sp³-hybridized carbons (Fsp3) is 0.636. The Kier molecular flexibility index (Phi) is 7.02. The Balaban J connectivity index is 1.41. The van der Waals surface area contributed by atoms with E-state index in [1.165, 1.54) is 10.7 Å². The van der Waals surface area contributed by atoms with Crippen molar-refractivity contribution in [3.8, 4) is 0 Å². The van der Waals surface area contributed by atoms with Crippen LogP contribution in [0.15, 0.2) is 32.2 Å². The van der Waals surface area contributed by atoms with Crippen LogP contribution in [0.5, 0.6) is 0 Å². The van der Waals surface area contributed by atoms with Crippen LogP contribution in [0.25, 0.3) is 0 Å². The number of carbonyl (C=O) groups excluding carboxylic acids is 1. The van der Waals surface area contributed by atoms with Gasteiger partial charge in [0.15, 0.2) is 5.76 Å². The van der Waals surface area contributed by atoms with E-state index in [-0.39, 0.29) is 29.1 Å². The number of hydrogen-bond donors (Lipinski definition) is 1. The molecule has 2 fully saturated rings. The molecule has 9 nitrogen and oxygen atoms in total. The van der Waals surface area contributed by atoms with E-state index in [9.17, 15) is 13.2 Å². The van der Waals surface area contributed by atoms with E-state index in [4.69, 9.17) is 8.94 Å². The highest BCUT2D eigenvalue weighted by molar-refractivity contribution is 7.89. The number of carbonyl (C=O) groups is 1. The van der Waals surface area contributed by atoms with Crippen LogP contribution in [0.2, 0.25) is 0 Å². The summed E-state index contributed by atoms with van der Waals surface area (Å²) in [6.45, 7) is 6.16. The zero-order valence-electron chi connectivity index (χ0n) is 18.7. The lowest BCUT2D eigenvalue weighted by atomic mass is 9.98. The first-order valence-electron chi connectivity index (χ1n) is 11.4. The molecule has 2 aliphatic rings. The lowest BCUT2D eigenvalue weighted by Gasteiger charge is -2.34. The zero-order valence-corrected chi connectivity index (χ0v) is 19.6. The topological polar surface area (TPSA) is 109 Å². The van der Waals surface area contributed by atoms with Gasteiger partial charge in [-0.25, -0.2) is 8.42 Å². The Morgan fingerprint density at radius 1 is 1.22 bits per heavy atom. The average molecular weight is 465 g/mol. The first kappa shape index (κ1) is 23.0. The molecular weight excluding hydrogens is 432 g/mol. The molecule has 0 aliphatic carbocycles. The van der Waals surface area contributed by atoms with E-state index in [0.717, 1.165) is 31.7 Å². The van der Waals surface area contributed by atoms with Crippen LogP contribution in [0.4, 0.5) is 0 Å². The third-order valence-electron chi connectivity index (χ3n) is 6.49. The largest absolute Gasteiger partial charge is 0.468 e. The van der Waals surface area contributed by atoms with E-state index in [1.807, 2.05) is 12.1 Å². The lowest BCUT2D eigenvalue weighted by Crippen LogP contribution is -2.47. The van der Waals surface area contributed by atoms with Crippen LogP contribution < -0.4 is 5.32 Å². The van der Waals surface area contributed by atoms with E-state index in [0.29, 0.717) is 31.6 Å². The molecular formula is C22H32N4O5S. The van der Waals surface area contributed by atoms with E-state index in [1.54, 1.807) is 20.1 Å². The van der Waals surface area contributed by atoms with Gasteiger partial charge in [-0.1, -0.05) is 11.6 Å². The van der Waals surface area contributed by atoms with Crippen molar-refractivity contribution in [1.82, 2.24) is 19.7 Å². The van der Waals surface area contributed by atoms with Crippen LogP contribution in [-0.2, 0) is 14.8 Å². The minimum Gasteiger partial charge on any atom is -0.468 e. The van der Waals surface area contributed by atoms with Crippen LogP contribution in [0, 0.1) is 19.8 Å². The summed E-state index contributed by atoms with van der Waals surface area (Å²) in [4.78, 5) is 15.5. The molecule has 2 aromatic heterocycles. The van der Waals surface area contributed by atoms with Crippen LogP contribution >= 0.6 is 0 Å². The van der Waals surface area contributed by atoms with Crippen LogP contribution in [0.1, 0.15) is 55.4 Å². The number of amides is 1. The quantitative estimate of drug-likeness (QED) is 0.671. The summed E-state index contributed by atoms with van der Waals surface area (Å²) in [7, 11) is -3.76. The van der Waals surface area contributed by atoms with Crippen LogP contribution in [-0.4, -0.2) is 61.4 Å². The molecule has 2 aromatic rings. The minimum absolute atomic E-state index is 0.0139. The van der Waals surface area contributed by atoms with Crippen molar-refractivity contribution in [3.05, 3.63) is 35.6 Å². The van der Waals surface area contributed by atoms with Gasteiger partial charge >= 0.3 is 0 Å². The van der Waals surface area contributed by atoms with Gasteiger partial charge in [-0.2, -0.15) is 4.31 Å². The molecule has 10 heteroatoms. The standard InChI is InChI=1S/C22H32N4O5S/c1-16-21(17(2)31-24-16)32(28,29)26-12-6-8-18(15-26)22(27)23-14-19(20-9-7-13-30-20)25-10-4-3-5-11-25/h7,9,13,18-19H,3-6,8,10-12,14-15H2,1-2H3,(H,23,27). The highest BCUT2D eigenvalue weighted by Gasteiger charge is 2.37. The van der Waals surface area contributed by atoms with Gasteiger partial charge in [0, 0.05) is 19.6 Å². The molecule has 2 aliphatic heterocycles. The summed E-state index contributed by atoms with van der Waals surface area (Å²) in [5.41, 5.74) is 0.344. The predicted octanol–water partition coefficient (Wildman–Crippen LogP) is 2.63. The summed E-state index contributed by atoms with van der Waals surface area (Å²) < 4.78 is 38.4. The minimum atomic E-state index is -3.76. The van der Waals surface area contributed by atoms with Crippen molar-refractivity contribution in [3.63, 3.8) is 0 Å². The summed E-state index contributed by atoms with van der Waals surface area (Å²) in [5.74, 6) is 0.616. The molecule has 0 aromatic carbocycles. The van der Waals surface area contributed by atoms with Gasteiger partial charge in [0.1, 0.15) is 16.3 Å². The number of nitrogens with one attached hydrogen (secondary N) is 1. The Labute approximate surface area is 189 Å². The zero-order chi connectivity index (χ0) is 22.7. The first-order valence-corrected chi connectivity index (χ1v) is 12.8. The highest BCUT2D eigenvalue weighted by atomic mass is 32.2. The Hall–Kier alpha value is -2.17. The molecule has 176 valence electrons. The van der Waals surface area contributed by atoms with Gasteiger partial charge < -0.3 is 14.3 Å². The molecule has 1 amide bonds. The fourth-order valence-electron chi connectivity index (χ4n) is 4.81. The van der Waals surface area contributed by atoms with E-state index >= 15 is 0 Å². The van der Waals surface area contributed by atoms with Crippen molar-refractivity contribution >= 4 is 15.9 Å². The van der Waals surface area contributed by atoms with Crippen molar-refractivity contribution < 1.29 is 22.2 Å².